The molecule has 0 aromatic heterocycles. The summed E-state index contributed by atoms with van der Waals surface area (Å²) in [4.78, 5) is 0. The standard InChI is InChI=1S/C16H14FNO2/c1-11(19)14-3-2-4-16(8-14)20-10-13-5-12(9-18)6-15(17)7-13/h2-8,11,19H,10H2,1H3. The highest BCUT2D eigenvalue weighted by Crippen LogP contribution is 2.20. The second-order valence-electron chi connectivity index (χ2n) is 4.50. The molecule has 0 aliphatic carbocycles. The molecule has 4 heteroatoms. The number of hydrogen-bond donors (Lipinski definition) is 1. The van der Waals surface area contributed by atoms with E-state index in [1.54, 1.807) is 37.3 Å². The molecular weight excluding hydrogens is 257 g/mol. The summed E-state index contributed by atoms with van der Waals surface area (Å²) in [6.07, 6.45) is -0.571. The van der Waals surface area contributed by atoms with E-state index in [2.05, 4.69) is 0 Å². The summed E-state index contributed by atoms with van der Waals surface area (Å²) in [6, 6.07) is 13.1. The smallest absolute Gasteiger partial charge is 0.124 e. The molecule has 0 saturated carbocycles. The lowest BCUT2D eigenvalue weighted by atomic mass is 10.1. The number of halogens is 1. The van der Waals surface area contributed by atoms with E-state index in [1.807, 2.05) is 6.07 Å². The van der Waals surface area contributed by atoms with Crippen LogP contribution < -0.4 is 4.74 Å². The third-order valence-corrected chi connectivity index (χ3v) is 2.83. The van der Waals surface area contributed by atoms with Gasteiger partial charge in [-0.15, -0.1) is 0 Å². The normalized spacial score (nSPS) is 11.7. The summed E-state index contributed by atoms with van der Waals surface area (Å²) in [5, 5.41) is 18.3. The van der Waals surface area contributed by atoms with Gasteiger partial charge < -0.3 is 9.84 Å². The fourth-order valence-corrected chi connectivity index (χ4v) is 1.83. The minimum Gasteiger partial charge on any atom is -0.489 e. The van der Waals surface area contributed by atoms with Crippen LogP contribution in [0.5, 0.6) is 5.75 Å². The second kappa shape index (κ2) is 6.18. The topological polar surface area (TPSA) is 53.2 Å². The van der Waals surface area contributed by atoms with E-state index in [4.69, 9.17) is 10.00 Å². The van der Waals surface area contributed by atoms with E-state index in [0.717, 1.165) is 5.56 Å². The van der Waals surface area contributed by atoms with Gasteiger partial charge in [-0.05, 0) is 48.4 Å². The van der Waals surface area contributed by atoms with Gasteiger partial charge in [0.15, 0.2) is 0 Å². The molecule has 0 aliphatic heterocycles. The van der Waals surface area contributed by atoms with Crippen molar-refractivity contribution in [2.75, 3.05) is 0 Å². The zero-order chi connectivity index (χ0) is 14.5. The number of nitriles is 1. The van der Waals surface area contributed by atoms with Crippen molar-refractivity contribution in [3.8, 4) is 11.8 Å². The van der Waals surface area contributed by atoms with Crippen LogP contribution in [-0.2, 0) is 6.61 Å². The van der Waals surface area contributed by atoms with Gasteiger partial charge in [0, 0.05) is 0 Å². The van der Waals surface area contributed by atoms with Crippen molar-refractivity contribution in [3.05, 3.63) is 65.0 Å². The Morgan fingerprint density at radius 3 is 2.80 bits per heavy atom. The molecule has 0 aliphatic rings. The SMILES string of the molecule is CC(O)c1cccc(OCc2cc(F)cc(C#N)c2)c1. The Hall–Kier alpha value is -2.38. The van der Waals surface area contributed by atoms with Gasteiger partial charge in [0.05, 0.1) is 17.7 Å². The van der Waals surface area contributed by atoms with E-state index in [1.165, 1.54) is 12.1 Å². The van der Waals surface area contributed by atoms with E-state index < -0.39 is 11.9 Å². The Labute approximate surface area is 116 Å². The second-order valence-corrected chi connectivity index (χ2v) is 4.50. The maximum Gasteiger partial charge on any atom is 0.124 e. The Morgan fingerprint density at radius 2 is 2.10 bits per heavy atom. The van der Waals surface area contributed by atoms with Gasteiger partial charge >= 0.3 is 0 Å². The van der Waals surface area contributed by atoms with Gasteiger partial charge in [0.25, 0.3) is 0 Å². The molecule has 0 heterocycles. The van der Waals surface area contributed by atoms with Gasteiger partial charge in [0.2, 0.25) is 0 Å². The molecule has 2 aromatic carbocycles. The molecular formula is C16H14FNO2. The highest BCUT2D eigenvalue weighted by Gasteiger charge is 2.04. The Kier molecular flexibility index (Phi) is 4.34. The Balaban J connectivity index is 2.11. The van der Waals surface area contributed by atoms with Crippen LogP contribution in [0.25, 0.3) is 0 Å². The fraction of sp³-hybridized carbons (Fsp3) is 0.188. The van der Waals surface area contributed by atoms with E-state index in [9.17, 15) is 9.50 Å². The van der Waals surface area contributed by atoms with Gasteiger partial charge in [-0.3, -0.25) is 0 Å². The summed E-state index contributed by atoms with van der Waals surface area (Å²) in [5.41, 5.74) is 1.60. The van der Waals surface area contributed by atoms with Crippen LogP contribution in [0.3, 0.4) is 0 Å². The maximum absolute atomic E-state index is 13.3. The quantitative estimate of drug-likeness (QED) is 0.928. The van der Waals surface area contributed by atoms with E-state index in [0.29, 0.717) is 11.3 Å². The van der Waals surface area contributed by atoms with Crippen LogP contribution in [0.1, 0.15) is 29.7 Å². The third-order valence-electron chi connectivity index (χ3n) is 2.83. The molecule has 0 radical (unpaired) electrons. The van der Waals surface area contributed by atoms with Crippen molar-refractivity contribution in [2.24, 2.45) is 0 Å². The Morgan fingerprint density at radius 1 is 1.30 bits per heavy atom. The highest BCUT2D eigenvalue weighted by molar-refractivity contribution is 5.34. The molecule has 2 rings (SSSR count). The predicted molar refractivity (Wildman–Crippen MR) is 72.5 cm³/mol. The fourth-order valence-electron chi connectivity index (χ4n) is 1.83. The minimum absolute atomic E-state index is 0.162. The summed E-state index contributed by atoms with van der Waals surface area (Å²) in [7, 11) is 0. The average Bonchev–Trinajstić information content (AvgIpc) is 2.44. The minimum atomic E-state index is -0.571. The van der Waals surface area contributed by atoms with E-state index >= 15 is 0 Å². The van der Waals surface area contributed by atoms with E-state index in [-0.39, 0.29) is 12.2 Å². The van der Waals surface area contributed by atoms with Gasteiger partial charge in [-0.2, -0.15) is 5.26 Å². The van der Waals surface area contributed by atoms with Crippen LogP contribution in [-0.4, -0.2) is 5.11 Å². The number of hydrogen-bond acceptors (Lipinski definition) is 3. The lowest BCUT2D eigenvalue weighted by Gasteiger charge is -2.10. The molecule has 0 bridgehead atoms. The molecule has 1 atom stereocenters. The molecule has 1 N–H and O–H groups in total. The molecule has 0 fully saturated rings. The summed E-state index contributed by atoms with van der Waals surface area (Å²) >= 11 is 0. The molecule has 0 spiro atoms. The highest BCUT2D eigenvalue weighted by atomic mass is 19.1. The van der Waals surface area contributed by atoms with Gasteiger partial charge in [0.1, 0.15) is 18.2 Å². The van der Waals surface area contributed by atoms with Gasteiger partial charge in [-0.1, -0.05) is 12.1 Å². The molecule has 1 unspecified atom stereocenters. The summed E-state index contributed by atoms with van der Waals surface area (Å²) in [6.45, 7) is 1.83. The molecule has 0 saturated heterocycles. The zero-order valence-corrected chi connectivity index (χ0v) is 11.0. The van der Waals surface area contributed by atoms with Crippen molar-refractivity contribution in [1.82, 2.24) is 0 Å². The number of rotatable bonds is 4. The zero-order valence-electron chi connectivity index (χ0n) is 11.0. The largest absolute Gasteiger partial charge is 0.489 e. The maximum atomic E-state index is 13.3. The number of aliphatic hydroxyl groups is 1. The molecule has 0 amide bonds. The summed E-state index contributed by atoms with van der Waals surface area (Å²) < 4.78 is 18.8. The van der Waals surface area contributed by atoms with Crippen molar-refractivity contribution in [2.45, 2.75) is 19.6 Å². The molecule has 2 aromatic rings. The predicted octanol–water partition coefficient (Wildman–Crippen LogP) is 3.33. The average molecular weight is 271 g/mol. The van der Waals surface area contributed by atoms with Crippen molar-refractivity contribution >= 4 is 0 Å². The van der Waals surface area contributed by atoms with Crippen molar-refractivity contribution in [1.29, 1.82) is 5.26 Å². The summed E-state index contributed by atoms with van der Waals surface area (Å²) in [5.74, 6) is 0.131. The molecule has 102 valence electrons. The van der Waals surface area contributed by atoms with Gasteiger partial charge in [-0.25, -0.2) is 4.39 Å². The van der Waals surface area contributed by atoms with Crippen molar-refractivity contribution in [3.63, 3.8) is 0 Å². The number of aliphatic hydroxyl groups excluding tert-OH is 1. The molecule has 20 heavy (non-hydrogen) atoms. The first kappa shape index (κ1) is 14.0. The lowest BCUT2D eigenvalue weighted by molar-refractivity contribution is 0.198. The lowest BCUT2D eigenvalue weighted by Crippen LogP contribution is -1.98. The first-order valence-corrected chi connectivity index (χ1v) is 6.19. The third kappa shape index (κ3) is 3.56. The van der Waals surface area contributed by atoms with Crippen LogP contribution in [0.4, 0.5) is 4.39 Å². The van der Waals surface area contributed by atoms with Crippen LogP contribution in [0.2, 0.25) is 0 Å². The first-order valence-electron chi connectivity index (χ1n) is 6.19. The van der Waals surface area contributed by atoms with Crippen LogP contribution in [0.15, 0.2) is 42.5 Å². The first-order chi connectivity index (χ1) is 9.58. The van der Waals surface area contributed by atoms with Crippen molar-refractivity contribution < 1.29 is 14.2 Å². The monoisotopic (exact) mass is 271 g/mol. The number of benzene rings is 2. The van der Waals surface area contributed by atoms with Crippen LogP contribution in [0, 0.1) is 17.1 Å². The molecule has 3 nitrogen and oxygen atoms in total. The van der Waals surface area contributed by atoms with Crippen LogP contribution >= 0.6 is 0 Å². The number of ether oxygens (including phenoxy) is 1. The number of nitrogens with zero attached hydrogens (tertiary/aromatic N) is 1. The Bertz CT molecular complexity index is 647.